The van der Waals surface area contributed by atoms with Crippen molar-refractivity contribution in [2.45, 2.75) is 328 Å². The lowest BCUT2D eigenvalue weighted by molar-refractivity contribution is -0.870. The number of nitrogens with zero attached hydrogens (tertiary/aromatic N) is 1. The molecule has 0 radical (unpaired) electrons. The van der Waals surface area contributed by atoms with Gasteiger partial charge in [0.15, 0.2) is 6.10 Å². The normalized spacial score (nSPS) is 13.8. The van der Waals surface area contributed by atoms with Gasteiger partial charge in [-0.15, -0.1) is 0 Å². The summed E-state index contributed by atoms with van der Waals surface area (Å²) in [6, 6.07) is 0. The largest absolute Gasteiger partial charge is 0.472 e. The Bertz CT molecular complexity index is 2020. The molecular weight excluding hydrogens is 1160 g/mol. The Balaban J connectivity index is 4.01. The summed E-state index contributed by atoms with van der Waals surface area (Å²) < 4.78 is 34.8. The highest BCUT2D eigenvalue weighted by Crippen LogP contribution is 2.43. The summed E-state index contributed by atoms with van der Waals surface area (Å²) in [6.07, 6.45) is 104. The number of likely N-dealkylation sites (N-methyl/N-ethyl adjacent to an activating group) is 1. The molecule has 0 aliphatic carbocycles. The third-order valence-electron chi connectivity index (χ3n) is 16.2. The quantitative estimate of drug-likeness (QED) is 0.0211. The van der Waals surface area contributed by atoms with Crippen LogP contribution in [0.2, 0.25) is 0 Å². The lowest BCUT2D eigenvalue weighted by Gasteiger charge is -2.24. The van der Waals surface area contributed by atoms with Gasteiger partial charge >= 0.3 is 19.8 Å². The van der Waals surface area contributed by atoms with Gasteiger partial charge in [0.1, 0.15) is 19.8 Å². The molecule has 2 atom stereocenters. The second-order valence-corrected chi connectivity index (χ2v) is 27.7. The number of esters is 2. The number of hydrogen-bond donors (Lipinski definition) is 1. The van der Waals surface area contributed by atoms with E-state index in [1.165, 1.54) is 173 Å². The Morgan fingerprint density at radius 2 is 0.587 bits per heavy atom. The lowest BCUT2D eigenvalue weighted by Crippen LogP contribution is -2.37. The number of phosphoric acid groups is 1. The molecule has 0 aliphatic heterocycles. The maximum Gasteiger partial charge on any atom is 0.472 e. The van der Waals surface area contributed by atoms with Gasteiger partial charge < -0.3 is 18.9 Å². The SMILES string of the molecule is CC/C=C\C/C=C\C/C=C\C/C=C\C/C=C\C/C=C\C/C=C\CCCCCCCCCCCCCC(=O)OC(COC(=O)CCCCCCCCCCCCCCCCCCCCCCCC/C=C\C/C=C\C/C=C\C/C=C\CC)COP(=O)(O)OCC[N+](C)(C)C. The Morgan fingerprint density at radius 3 is 0.870 bits per heavy atom. The first-order valence-corrected chi connectivity index (χ1v) is 39.4. The van der Waals surface area contributed by atoms with E-state index in [0.717, 1.165) is 116 Å². The first-order valence-electron chi connectivity index (χ1n) is 37.9. The number of ether oxygens (including phenoxy) is 2. The van der Waals surface area contributed by atoms with E-state index in [1.807, 2.05) is 21.1 Å². The zero-order valence-electron chi connectivity index (χ0n) is 60.2. The first-order chi connectivity index (χ1) is 45.0. The first kappa shape index (κ1) is 88.2. The number of carbonyl (C=O) groups excluding carboxylic acids is 2. The van der Waals surface area contributed by atoms with E-state index in [4.69, 9.17) is 18.5 Å². The average Bonchev–Trinajstić information content (AvgIpc) is 2.23. The van der Waals surface area contributed by atoms with Crippen LogP contribution in [0.1, 0.15) is 322 Å². The van der Waals surface area contributed by atoms with Gasteiger partial charge in [-0.25, -0.2) is 4.57 Å². The van der Waals surface area contributed by atoms with Crippen molar-refractivity contribution in [1.82, 2.24) is 0 Å². The van der Waals surface area contributed by atoms with Crippen LogP contribution in [0.5, 0.6) is 0 Å². The molecule has 1 N–H and O–H groups in total. The monoisotopic (exact) mass is 1300 g/mol. The molecule has 0 spiro atoms. The summed E-state index contributed by atoms with van der Waals surface area (Å²) in [5, 5.41) is 0. The van der Waals surface area contributed by atoms with Gasteiger partial charge in [0.2, 0.25) is 0 Å². The average molecular weight is 1300 g/mol. The highest BCUT2D eigenvalue weighted by Gasteiger charge is 2.27. The minimum Gasteiger partial charge on any atom is -0.462 e. The van der Waals surface area contributed by atoms with Gasteiger partial charge in [-0.3, -0.25) is 18.6 Å². The third kappa shape index (κ3) is 75.2. The Hall–Kier alpha value is -3.85. The minimum atomic E-state index is -4.40. The summed E-state index contributed by atoms with van der Waals surface area (Å²) in [5.74, 6) is -0.794. The lowest BCUT2D eigenvalue weighted by atomic mass is 10.0. The molecule has 0 heterocycles. The molecule has 92 heavy (non-hydrogen) atoms. The number of rotatable bonds is 69. The van der Waals surface area contributed by atoms with Crippen LogP contribution in [0.25, 0.3) is 0 Å². The topological polar surface area (TPSA) is 108 Å². The van der Waals surface area contributed by atoms with Gasteiger partial charge in [0.05, 0.1) is 27.7 Å². The number of allylic oxidation sites excluding steroid dienone is 22. The minimum absolute atomic E-state index is 0.0273. The van der Waals surface area contributed by atoms with E-state index < -0.39 is 26.5 Å². The molecule has 0 aliphatic rings. The van der Waals surface area contributed by atoms with Crippen LogP contribution in [-0.4, -0.2) is 74.9 Å². The van der Waals surface area contributed by atoms with E-state index in [2.05, 4.69) is 148 Å². The van der Waals surface area contributed by atoms with E-state index in [-0.39, 0.29) is 32.0 Å². The summed E-state index contributed by atoms with van der Waals surface area (Å²) in [4.78, 5) is 36.0. The fourth-order valence-corrected chi connectivity index (χ4v) is 11.2. The molecule has 0 amide bonds. The highest BCUT2D eigenvalue weighted by atomic mass is 31.2. The molecule has 528 valence electrons. The maximum atomic E-state index is 12.9. The van der Waals surface area contributed by atoms with Crippen LogP contribution in [0.15, 0.2) is 134 Å². The molecule has 0 aromatic carbocycles. The molecule has 0 aromatic heterocycles. The van der Waals surface area contributed by atoms with E-state index >= 15 is 0 Å². The van der Waals surface area contributed by atoms with E-state index in [9.17, 15) is 19.0 Å². The number of hydrogen-bond acceptors (Lipinski definition) is 7. The Labute approximate surface area is 568 Å². The molecule has 9 nitrogen and oxygen atoms in total. The number of phosphoric ester groups is 1. The molecule has 0 saturated heterocycles. The van der Waals surface area contributed by atoms with Gasteiger partial charge in [-0.1, -0.05) is 334 Å². The van der Waals surface area contributed by atoms with Crippen molar-refractivity contribution in [3.8, 4) is 0 Å². The van der Waals surface area contributed by atoms with Gasteiger partial charge in [-0.2, -0.15) is 0 Å². The fraction of sp³-hybridized carbons (Fsp3) is 0.707. The molecule has 0 saturated carbocycles. The summed E-state index contributed by atoms with van der Waals surface area (Å²) in [7, 11) is 1.47. The zero-order valence-corrected chi connectivity index (χ0v) is 61.1. The molecule has 0 rings (SSSR count). The van der Waals surface area contributed by atoms with Crippen LogP contribution in [0.4, 0.5) is 0 Å². The van der Waals surface area contributed by atoms with Gasteiger partial charge in [0, 0.05) is 12.8 Å². The van der Waals surface area contributed by atoms with Crippen molar-refractivity contribution < 1.29 is 42.1 Å². The van der Waals surface area contributed by atoms with Crippen molar-refractivity contribution in [2.24, 2.45) is 0 Å². The Kier molecular flexibility index (Phi) is 68.5. The molecular formula is C82H143NO8P+. The number of carbonyl (C=O) groups is 2. The smallest absolute Gasteiger partial charge is 0.462 e. The second kappa shape index (κ2) is 71.4. The molecule has 0 fully saturated rings. The van der Waals surface area contributed by atoms with Gasteiger partial charge in [0.25, 0.3) is 0 Å². The molecule has 2 unspecified atom stereocenters. The number of quaternary nitrogens is 1. The van der Waals surface area contributed by atoms with E-state index in [1.54, 1.807) is 0 Å². The fourth-order valence-electron chi connectivity index (χ4n) is 10.5. The zero-order chi connectivity index (χ0) is 66.9. The van der Waals surface area contributed by atoms with Gasteiger partial charge in [-0.05, 0) is 109 Å². The predicted octanol–water partition coefficient (Wildman–Crippen LogP) is 25.2. The predicted molar refractivity (Wildman–Crippen MR) is 399 cm³/mol. The van der Waals surface area contributed by atoms with E-state index in [0.29, 0.717) is 17.4 Å². The van der Waals surface area contributed by atoms with Crippen LogP contribution in [0.3, 0.4) is 0 Å². The van der Waals surface area contributed by atoms with Crippen molar-refractivity contribution in [2.75, 3.05) is 47.5 Å². The second-order valence-electron chi connectivity index (χ2n) is 26.3. The van der Waals surface area contributed by atoms with Crippen LogP contribution >= 0.6 is 7.82 Å². The molecule has 0 bridgehead atoms. The summed E-state index contributed by atoms with van der Waals surface area (Å²) in [5.41, 5.74) is 0. The number of unbranched alkanes of at least 4 members (excludes halogenated alkanes) is 33. The highest BCUT2D eigenvalue weighted by molar-refractivity contribution is 7.47. The van der Waals surface area contributed by atoms with Crippen LogP contribution < -0.4 is 0 Å². The van der Waals surface area contributed by atoms with Crippen molar-refractivity contribution >= 4 is 19.8 Å². The van der Waals surface area contributed by atoms with Crippen molar-refractivity contribution in [3.05, 3.63) is 134 Å². The van der Waals surface area contributed by atoms with Crippen LogP contribution in [-0.2, 0) is 32.7 Å². The standard InChI is InChI=1S/C82H142NO8P/c1-6-8-10-12-14-16-18-20-22-24-26-28-30-32-34-36-38-40-41-43-44-46-48-50-52-54-56-58-60-62-64-66-68-70-72-74-81(84)88-78-80(79-90-92(86,87)89-77-76-83(3,4)5)91-82(85)75-73-71-69-67-65-63-61-59-57-55-53-51-49-47-45-42-39-37-35-33-31-29-27-25-23-21-19-17-15-13-11-9-7-2/h8-11,14-17,20-23,26-29,33,35,39,42,47,49,80H,6-7,12-13,18-19,24-25,30-32,34,36-38,40-41,43-46,48,50-79H2,1-5H3/p+1/b10-8-,11-9-,16-14-,17-15-,22-20-,23-21-,28-26-,29-27-,35-33-,42-39-,49-47-. The maximum absolute atomic E-state index is 12.9. The van der Waals surface area contributed by atoms with Crippen LogP contribution in [0, 0.1) is 0 Å². The summed E-state index contributed by atoms with van der Waals surface area (Å²) >= 11 is 0. The molecule has 0 aromatic rings. The summed E-state index contributed by atoms with van der Waals surface area (Å²) in [6.45, 7) is 4.23. The van der Waals surface area contributed by atoms with Crippen molar-refractivity contribution in [1.29, 1.82) is 0 Å². The molecule has 10 heteroatoms. The van der Waals surface area contributed by atoms with Crippen molar-refractivity contribution in [3.63, 3.8) is 0 Å². The third-order valence-corrected chi connectivity index (χ3v) is 17.2. The Morgan fingerprint density at radius 1 is 0.337 bits per heavy atom.